The SMILES string of the molecule is COC(=O)[C@H](C)N(CCCl)CCCl. The van der Waals surface area contributed by atoms with Gasteiger partial charge < -0.3 is 4.74 Å². The third kappa shape index (κ3) is 4.69. The van der Waals surface area contributed by atoms with Gasteiger partial charge in [-0.1, -0.05) is 0 Å². The fraction of sp³-hybridized carbons (Fsp3) is 0.875. The average molecular weight is 228 g/mol. The van der Waals surface area contributed by atoms with Crippen molar-refractivity contribution in [2.24, 2.45) is 0 Å². The number of methoxy groups -OCH3 is 1. The molecule has 0 aliphatic carbocycles. The Hall–Kier alpha value is 0.01000. The number of ether oxygens (including phenoxy) is 1. The summed E-state index contributed by atoms with van der Waals surface area (Å²) in [6.45, 7) is 3.07. The topological polar surface area (TPSA) is 29.5 Å². The Balaban J connectivity index is 4.08. The third-order valence-electron chi connectivity index (χ3n) is 1.83. The Kier molecular flexibility index (Phi) is 7.42. The van der Waals surface area contributed by atoms with E-state index in [4.69, 9.17) is 23.2 Å². The molecular formula is C8H15Cl2NO2. The van der Waals surface area contributed by atoms with E-state index in [0.717, 1.165) is 0 Å². The predicted octanol–water partition coefficient (Wildman–Crippen LogP) is 1.33. The monoisotopic (exact) mass is 227 g/mol. The zero-order valence-corrected chi connectivity index (χ0v) is 9.44. The lowest BCUT2D eigenvalue weighted by Crippen LogP contribution is -2.41. The first-order valence-corrected chi connectivity index (χ1v) is 5.18. The van der Waals surface area contributed by atoms with E-state index in [0.29, 0.717) is 24.8 Å². The summed E-state index contributed by atoms with van der Waals surface area (Å²) < 4.78 is 4.62. The molecule has 0 aliphatic heterocycles. The van der Waals surface area contributed by atoms with E-state index in [1.165, 1.54) is 7.11 Å². The number of nitrogens with zero attached hydrogens (tertiary/aromatic N) is 1. The van der Waals surface area contributed by atoms with Gasteiger partial charge in [0.2, 0.25) is 0 Å². The van der Waals surface area contributed by atoms with Crippen LogP contribution >= 0.6 is 23.2 Å². The zero-order chi connectivity index (χ0) is 10.3. The fourth-order valence-corrected chi connectivity index (χ4v) is 1.47. The summed E-state index contributed by atoms with van der Waals surface area (Å²) in [5.74, 6) is 0.714. The number of halogens is 2. The number of alkyl halides is 2. The van der Waals surface area contributed by atoms with E-state index in [2.05, 4.69) is 4.74 Å². The second kappa shape index (κ2) is 7.42. The van der Waals surface area contributed by atoms with Crippen LogP contribution in [0.25, 0.3) is 0 Å². The first-order chi connectivity index (χ1) is 6.17. The first-order valence-electron chi connectivity index (χ1n) is 4.11. The van der Waals surface area contributed by atoms with Gasteiger partial charge in [-0.25, -0.2) is 0 Å². The van der Waals surface area contributed by atoms with Crippen molar-refractivity contribution >= 4 is 29.2 Å². The molecule has 0 N–H and O–H groups in total. The summed E-state index contributed by atoms with van der Waals surface area (Å²) in [7, 11) is 1.37. The summed E-state index contributed by atoms with van der Waals surface area (Å²) in [6.07, 6.45) is 0. The molecule has 0 bridgehead atoms. The van der Waals surface area contributed by atoms with Gasteiger partial charge >= 0.3 is 5.97 Å². The van der Waals surface area contributed by atoms with Gasteiger partial charge in [0.15, 0.2) is 0 Å². The number of hydrogen-bond donors (Lipinski definition) is 0. The summed E-state index contributed by atoms with van der Waals surface area (Å²) in [5, 5.41) is 0. The quantitative estimate of drug-likeness (QED) is 0.507. The Morgan fingerprint density at radius 3 is 2.15 bits per heavy atom. The lowest BCUT2D eigenvalue weighted by Gasteiger charge is -2.25. The first kappa shape index (κ1) is 13.0. The maximum Gasteiger partial charge on any atom is 0.322 e. The highest BCUT2D eigenvalue weighted by Gasteiger charge is 2.20. The van der Waals surface area contributed by atoms with Crippen LogP contribution in [0.5, 0.6) is 0 Å². The molecule has 0 saturated heterocycles. The van der Waals surface area contributed by atoms with Gasteiger partial charge in [-0.15, -0.1) is 23.2 Å². The highest BCUT2D eigenvalue weighted by atomic mass is 35.5. The van der Waals surface area contributed by atoms with Gasteiger partial charge in [0, 0.05) is 24.8 Å². The number of carbonyl (C=O) groups is 1. The van der Waals surface area contributed by atoms with Crippen LogP contribution in [0.15, 0.2) is 0 Å². The molecule has 0 unspecified atom stereocenters. The van der Waals surface area contributed by atoms with Gasteiger partial charge in [0.1, 0.15) is 6.04 Å². The van der Waals surface area contributed by atoms with Gasteiger partial charge in [-0.2, -0.15) is 0 Å². The van der Waals surface area contributed by atoms with Crippen molar-refractivity contribution < 1.29 is 9.53 Å². The summed E-state index contributed by atoms with van der Waals surface area (Å²) in [4.78, 5) is 13.0. The lowest BCUT2D eigenvalue weighted by molar-refractivity contribution is -0.146. The van der Waals surface area contributed by atoms with Crippen LogP contribution in [0.2, 0.25) is 0 Å². The molecular weight excluding hydrogens is 213 g/mol. The largest absolute Gasteiger partial charge is 0.468 e. The van der Waals surface area contributed by atoms with Crippen molar-refractivity contribution in [3.63, 3.8) is 0 Å². The van der Waals surface area contributed by atoms with Crippen LogP contribution in [0.1, 0.15) is 6.92 Å². The van der Waals surface area contributed by atoms with Gasteiger partial charge in [0.05, 0.1) is 7.11 Å². The van der Waals surface area contributed by atoms with Crippen LogP contribution in [0.3, 0.4) is 0 Å². The standard InChI is InChI=1S/C8H15Cl2NO2/c1-7(8(12)13-2)11(5-3-9)6-4-10/h7H,3-6H2,1-2H3/t7-/m0/s1. The predicted molar refractivity (Wildman–Crippen MR) is 54.5 cm³/mol. The van der Waals surface area contributed by atoms with Crippen LogP contribution in [-0.4, -0.2) is 48.9 Å². The van der Waals surface area contributed by atoms with Crippen molar-refractivity contribution in [1.82, 2.24) is 4.90 Å². The van der Waals surface area contributed by atoms with E-state index < -0.39 is 0 Å². The van der Waals surface area contributed by atoms with E-state index in [-0.39, 0.29) is 12.0 Å². The molecule has 0 radical (unpaired) electrons. The number of carbonyl (C=O) groups excluding carboxylic acids is 1. The number of hydrogen-bond acceptors (Lipinski definition) is 3. The highest BCUT2D eigenvalue weighted by molar-refractivity contribution is 6.18. The van der Waals surface area contributed by atoms with Crippen LogP contribution in [-0.2, 0) is 9.53 Å². The zero-order valence-electron chi connectivity index (χ0n) is 7.93. The summed E-state index contributed by atoms with van der Waals surface area (Å²) in [6, 6.07) is -0.275. The van der Waals surface area contributed by atoms with Crippen molar-refractivity contribution in [3.8, 4) is 0 Å². The fourth-order valence-electron chi connectivity index (χ4n) is 1.04. The molecule has 3 nitrogen and oxygen atoms in total. The van der Waals surface area contributed by atoms with Crippen molar-refractivity contribution in [1.29, 1.82) is 0 Å². The summed E-state index contributed by atoms with van der Waals surface area (Å²) >= 11 is 11.2. The van der Waals surface area contributed by atoms with E-state index in [9.17, 15) is 4.79 Å². The van der Waals surface area contributed by atoms with E-state index >= 15 is 0 Å². The highest BCUT2D eigenvalue weighted by Crippen LogP contribution is 2.02. The van der Waals surface area contributed by atoms with Crippen LogP contribution < -0.4 is 0 Å². The van der Waals surface area contributed by atoms with E-state index in [1.807, 2.05) is 4.90 Å². The Morgan fingerprint density at radius 1 is 1.38 bits per heavy atom. The molecule has 0 aromatic carbocycles. The molecule has 0 aromatic rings. The molecule has 0 spiro atoms. The van der Waals surface area contributed by atoms with Gasteiger partial charge in [0.25, 0.3) is 0 Å². The second-order valence-corrected chi connectivity index (χ2v) is 3.37. The average Bonchev–Trinajstić information content (AvgIpc) is 2.15. The Bertz CT molecular complexity index is 149. The maximum absolute atomic E-state index is 11.2. The molecule has 13 heavy (non-hydrogen) atoms. The minimum Gasteiger partial charge on any atom is -0.468 e. The number of rotatable bonds is 6. The molecule has 0 aliphatic rings. The Morgan fingerprint density at radius 2 is 1.85 bits per heavy atom. The normalized spacial score (nSPS) is 13.0. The molecule has 0 rings (SSSR count). The second-order valence-electron chi connectivity index (χ2n) is 2.61. The molecule has 1 atom stereocenters. The summed E-state index contributed by atoms with van der Waals surface area (Å²) in [5.41, 5.74) is 0. The number of esters is 1. The molecule has 0 saturated carbocycles. The minimum absolute atomic E-state index is 0.254. The third-order valence-corrected chi connectivity index (χ3v) is 2.17. The molecule has 0 fully saturated rings. The Labute approximate surface area is 88.9 Å². The lowest BCUT2D eigenvalue weighted by atomic mass is 10.3. The van der Waals surface area contributed by atoms with Crippen molar-refractivity contribution in [2.45, 2.75) is 13.0 Å². The molecule has 0 aromatic heterocycles. The van der Waals surface area contributed by atoms with E-state index in [1.54, 1.807) is 6.92 Å². The van der Waals surface area contributed by atoms with Crippen molar-refractivity contribution in [2.75, 3.05) is 32.0 Å². The maximum atomic E-state index is 11.2. The van der Waals surface area contributed by atoms with Gasteiger partial charge in [-0.3, -0.25) is 9.69 Å². The molecule has 0 amide bonds. The minimum atomic E-state index is -0.275. The molecule has 78 valence electrons. The molecule has 5 heteroatoms. The van der Waals surface area contributed by atoms with Crippen LogP contribution in [0.4, 0.5) is 0 Å². The van der Waals surface area contributed by atoms with Crippen LogP contribution in [0, 0.1) is 0 Å². The van der Waals surface area contributed by atoms with Crippen molar-refractivity contribution in [3.05, 3.63) is 0 Å². The van der Waals surface area contributed by atoms with Gasteiger partial charge in [-0.05, 0) is 6.92 Å². The molecule has 0 heterocycles. The smallest absolute Gasteiger partial charge is 0.322 e.